The van der Waals surface area contributed by atoms with E-state index in [0.717, 1.165) is 21.6 Å². The van der Waals surface area contributed by atoms with Gasteiger partial charge in [0.05, 0.1) is 23.6 Å². The van der Waals surface area contributed by atoms with Gasteiger partial charge in [0.1, 0.15) is 23.5 Å². The highest BCUT2D eigenvalue weighted by atomic mass is 16.4. The quantitative estimate of drug-likeness (QED) is 0.473. The van der Waals surface area contributed by atoms with Gasteiger partial charge in [0, 0.05) is 17.8 Å². The highest BCUT2D eigenvalue weighted by molar-refractivity contribution is 6.03. The summed E-state index contributed by atoms with van der Waals surface area (Å²) in [5.41, 5.74) is 2.97. The first kappa shape index (κ1) is 12.1. The number of aliphatic hydroxyl groups excluding tert-OH is 1. The van der Waals surface area contributed by atoms with Crippen molar-refractivity contribution in [2.75, 3.05) is 0 Å². The summed E-state index contributed by atoms with van der Waals surface area (Å²) >= 11 is 0. The van der Waals surface area contributed by atoms with Crippen LogP contribution in [0.15, 0.2) is 47.4 Å². The fraction of sp³-hybridized carbons (Fsp3) is 0.0625. The third-order valence-electron chi connectivity index (χ3n) is 3.94. The van der Waals surface area contributed by atoms with Crippen molar-refractivity contribution in [2.24, 2.45) is 0 Å². The molecule has 8 heteroatoms. The number of hydrogen-bond acceptors (Lipinski definition) is 5. The topological polar surface area (TPSA) is 109 Å². The van der Waals surface area contributed by atoms with E-state index in [0.29, 0.717) is 28.5 Å². The van der Waals surface area contributed by atoms with Crippen molar-refractivity contribution >= 4 is 22.1 Å². The number of nitrogens with one attached hydrogen (secondary N) is 2. The number of H-pyrrole nitrogens is 2. The molecule has 0 aromatic carbocycles. The molecule has 0 spiro atoms. The van der Waals surface area contributed by atoms with Crippen LogP contribution in [-0.2, 0) is 6.61 Å². The predicted molar refractivity (Wildman–Crippen MR) is 86.5 cm³/mol. The van der Waals surface area contributed by atoms with E-state index in [9.17, 15) is 5.11 Å². The van der Waals surface area contributed by atoms with Gasteiger partial charge >= 0.3 is 0 Å². The van der Waals surface area contributed by atoms with Crippen LogP contribution >= 0.6 is 0 Å². The zero-order chi connectivity index (χ0) is 17.0. The van der Waals surface area contributed by atoms with Crippen molar-refractivity contribution in [3.63, 3.8) is 0 Å². The molecular weight excluding hydrogens is 308 g/mol. The van der Waals surface area contributed by atoms with Crippen LogP contribution < -0.4 is 0 Å². The lowest BCUT2D eigenvalue weighted by Gasteiger charge is -2.05. The Labute approximate surface area is 136 Å². The van der Waals surface area contributed by atoms with Gasteiger partial charge < -0.3 is 14.5 Å². The second-order valence-electron chi connectivity index (χ2n) is 5.34. The fourth-order valence-corrected chi connectivity index (χ4v) is 2.90. The number of hydrogen-bond donors (Lipinski definition) is 3. The van der Waals surface area contributed by atoms with Crippen LogP contribution in [0.1, 0.15) is 5.76 Å². The molecule has 5 rings (SSSR count). The second-order valence-corrected chi connectivity index (χ2v) is 5.34. The maximum absolute atomic E-state index is 9.27. The maximum Gasteiger partial charge on any atom is 0.189 e. The molecule has 24 heavy (non-hydrogen) atoms. The molecule has 0 saturated heterocycles. The number of nitrogens with zero attached hydrogens (tertiary/aromatic N) is 4. The van der Waals surface area contributed by atoms with Gasteiger partial charge in [-0.2, -0.15) is 5.10 Å². The average molecular weight is 321 g/mol. The molecule has 0 aliphatic rings. The van der Waals surface area contributed by atoms with E-state index in [4.69, 9.17) is 5.83 Å². The van der Waals surface area contributed by atoms with Crippen molar-refractivity contribution < 1.29 is 10.9 Å². The Morgan fingerprint density at radius 1 is 1.29 bits per heavy atom. The molecular formula is C16H12N6O2. The summed E-state index contributed by atoms with van der Waals surface area (Å²) in [6.45, 7) is -0.186. The summed E-state index contributed by atoms with van der Waals surface area (Å²) in [6, 6.07) is 5.40. The Kier molecular flexibility index (Phi) is 2.42. The van der Waals surface area contributed by atoms with E-state index in [-0.39, 0.29) is 6.61 Å². The average Bonchev–Trinajstić information content (AvgIpc) is 3.38. The summed E-state index contributed by atoms with van der Waals surface area (Å²) in [5.74, 6) is 1.52. The van der Waals surface area contributed by atoms with Gasteiger partial charge in [-0.3, -0.25) is 9.66 Å². The number of aromatic nitrogens is 6. The molecule has 0 aliphatic heterocycles. The number of rotatable bonds is 3. The van der Waals surface area contributed by atoms with Crippen LogP contribution in [-0.4, -0.2) is 34.8 Å². The molecule has 8 nitrogen and oxygen atoms in total. The number of imidazole rings is 1. The monoisotopic (exact) mass is 321 g/mol. The predicted octanol–water partition coefficient (Wildman–Crippen LogP) is 2.38. The SMILES string of the molecule is [2H]n1cc(-n2c(-c3ccc(CO)o3)nc3cnc4[nH]ccc4c32)cn1. The summed E-state index contributed by atoms with van der Waals surface area (Å²) < 4.78 is 15.2. The Morgan fingerprint density at radius 3 is 3.04 bits per heavy atom. The first-order valence-corrected chi connectivity index (χ1v) is 7.33. The Morgan fingerprint density at radius 2 is 2.25 bits per heavy atom. The van der Waals surface area contributed by atoms with E-state index in [1.807, 2.05) is 16.8 Å². The summed E-state index contributed by atoms with van der Waals surface area (Å²) in [6.07, 6.45) is 6.68. The van der Waals surface area contributed by atoms with Crippen LogP contribution in [0.4, 0.5) is 0 Å². The molecule has 0 atom stereocenters. The van der Waals surface area contributed by atoms with Crippen LogP contribution in [0.2, 0.25) is 1.41 Å². The molecule has 0 saturated carbocycles. The van der Waals surface area contributed by atoms with Crippen molar-refractivity contribution in [3.05, 3.63) is 48.7 Å². The lowest BCUT2D eigenvalue weighted by atomic mass is 10.3. The van der Waals surface area contributed by atoms with Crippen LogP contribution in [0.5, 0.6) is 0 Å². The minimum atomic E-state index is -0.186. The molecule has 0 amide bonds. The molecule has 0 radical (unpaired) electrons. The van der Waals surface area contributed by atoms with Gasteiger partial charge in [-0.15, -0.1) is 0 Å². The van der Waals surface area contributed by atoms with E-state index < -0.39 is 0 Å². The first-order chi connectivity index (χ1) is 12.2. The molecule has 0 bridgehead atoms. The van der Waals surface area contributed by atoms with Gasteiger partial charge in [-0.1, -0.05) is 0 Å². The molecule has 5 heterocycles. The largest absolute Gasteiger partial charge is 0.455 e. The van der Waals surface area contributed by atoms with Gasteiger partial charge in [0.2, 0.25) is 0 Å². The van der Waals surface area contributed by atoms with Gasteiger partial charge in [-0.05, 0) is 18.2 Å². The van der Waals surface area contributed by atoms with E-state index >= 15 is 0 Å². The minimum Gasteiger partial charge on any atom is -0.455 e. The fourth-order valence-electron chi connectivity index (χ4n) is 2.90. The highest BCUT2D eigenvalue weighted by Gasteiger charge is 2.20. The number of aliphatic hydroxyl groups is 1. The van der Waals surface area contributed by atoms with Gasteiger partial charge in [0.15, 0.2) is 13.0 Å². The molecule has 5 aromatic heterocycles. The summed E-state index contributed by atoms with van der Waals surface area (Å²) in [5, 5.41) is 15.1. The van der Waals surface area contributed by atoms with Crippen molar-refractivity contribution in [3.8, 4) is 17.3 Å². The number of fused-ring (bicyclic) bond motifs is 3. The third kappa shape index (κ3) is 1.74. The number of pyridine rings is 1. The Balaban J connectivity index is 1.90. The molecule has 3 N–H and O–H groups in total. The van der Waals surface area contributed by atoms with E-state index in [1.54, 1.807) is 30.7 Å². The third-order valence-corrected chi connectivity index (χ3v) is 3.94. The van der Waals surface area contributed by atoms with Crippen LogP contribution in [0.25, 0.3) is 39.3 Å². The number of aromatic amines is 2. The molecule has 5 aromatic rings. The smallest absolute Gasteiger partial charge is 0.189 e. The van der Waals surface area contributed by atoms with Crippen LogP contribution in [0.3, 0.4) is 0 Å². The van der Waals surface area contributed by atoms with E-state index in [2.05, 4.69) is 20.1 Å². The molecule has 118 valence electrons. The molecule has 0 aliphatic carbocycles. The summed E-state index contributed by atoms with van der Waals surface area (Å²) in [4.78, 5) is 12.1. The zero-order valence-electron chi connectivity index (χ0n) is 13.3. The van der Waals surface area contributed by atoms with Crippen molar-refractivity contribution in [1.82, 2.24) is 29.7 Å². The van der Waals surface area contributed by atoms with Gasteiger partial charge in [0.25, 0.3) is 0 Å². The summed E-state index contributed by atoms with van der Waals surface area (Å²) in [7, 11) is 0. The van der Waals surface area contributed by atoms with E-state index in [1.165, 1.54) is 0 Å². The standard InChI is InChI=1S/C16H12N6O2/c23-8-10-1-2-13(24-10)16-21-12-7-18-15-11(3-4-17-15)14(12)22(16)9-5-19-20-6-9/h1-7,23H,8H2,(H,17,18)(H,19,20)/i/hD. The lowest BCUT2D eigenvalue weighted by Crippen LogP contribution is -1.96. The first-order valence-electron chi connectivity index (χ1n) is 7.78. The van der Waals surface area contributed by atoms with Crippen molar-refractivity contribution in [2.45, 2.75) is 6.61 Å². The lowest BCUT2D eigenvalue weighted by molar-refractivity contribution is 0.248. The Hall–Kier alpha value is -3.39. The maximum atomic E-state index is 9.27. The number of furan rings is 1. The van der Waals surface area contributed by atoms with Crippen LogP contribution in [0, 0.1) is 0 Å². The molecule has 0 fully saturated rings. The minimum absolute atomic E-state index is 0.186. The Bertz CT molecular complexity index is 1210. The highest BCUT2D eigenvalue weighted by Crippen LogP contribution is 2.32. The normalized spacial score (nSPS) is 12.3. The second kappa shape index (κ2) is 4.80. The van der Waals surface area contributed by atoms with Gasteiger partial charge in [-0.25, -0.2) is 9.97 Å². The molecule has 0 unspecified atom stereocenters. The van der Waals surface area contributed by atoms with Crippen molar-refractivity contribution in [1.29, 1.82) is 0 Å². The zero-order valence-corrected chi connectivity index (χ0v) is 12.3.